The Kier molecular flexibility index (Phi) is 5.90. The standard InChI is InChI=1S/C21H24N6O2/c28-20(8-7-18-21(29)27-11-4-2-6-19(27)24-23-18)26-15-13-25(14-16-26)12-9-17-5-1-3-10-22-17/h1-6,10-11H,7-9,12-16H2. The highest BCUT2D eigenvalue weighted by atomic mass is 16.2. The van der Waals surface area contributed by atoms with Gasteiger partial charge in [0.1, 0.15) is 5.69 Å². The average Bonchev–Trinajstić information content (AvgIpc) is 2.78. The van der Waals surface area contributed by atoms with Crippen LogP contribution in [0, 0.1) is 0 Å². The molecule has 1 amide bonds. The fourth-order valence-corrected chi connectivity index (χ4v) is 3.56. The normalized spacial score (nSPS) is 15.0. The zero-order chi connectivity index (χ0) is 20.1. The van der Waals surface area contributed by atoms with E-state index >= 15 is 0 Å². The Morgan fingerprint density at radius 3 is 2.59 bits per heavy atom. The van der Waals surface area contributed by atoms with Crippen LogP contribution in [-0.2, 0) is 17.6 Å². The molecule has 8 heteroatoms. The van der Waals surface area contributed by atoms with Gasteiger partial charge >= 0.3 is 0 Å². The van der Waals surface area contributed by atoms with Gasteiger partial charge in [-0.25, -0.2) is 0 Å². The Morgan fingerprint density at radius 2 is 1.79 bits per heavy atom. The van der Waals surface area contributed by atoms with Gasteiger partial charge < -0.3 is 4.90 Å². The highest BCUT2D eigenvalue weighted by molar-refractivity contribution is 5.76. The number of aromatic nitrogens is 4. The topological polar surface area (TPSA) is 83.7 Å². The number of carbonyl (C=O) groups is 1. The molecule has 0 atom stereocenters. The molecule has 0 N–H and O–H groups in total. The smallest absolute Gasteiger partial charge is 0.279 e. The Morgan fingerprint density at radius 1 is 0.966 bits per heavy atom. The Bertz CT molecular complexity index is 1030. The van der Waals surface area contributed by atoms with Crippen molar-refractivity contribution in [3.8, 4) is 0 Å². The SMILES string of the molecule is O=C(CCc1nnc2ccccn2c1=O)N1CCN(CCc2ccccn2)CC1. The van der Waals surface area contributed by atoms with E-state index in [-0.39, 0.29) is 17.9 Å². The van der Waals surface area contributed by atoms with Crippen molar-refractivity contribution in [1.82, 2.24) is 29.4 Å². The summed E-state index contributed by atoms with van der Waals surface area (Å²) < 4.78 is 1.47. The number of amides is 1. The van der Waals surface area contributed by atoms with Crippen LogP contribution < -0.4 is 5.56 Å². The molecule has 0 radical (unpaired) electrons. The maximum absolute atomic E-state index is 12.6. The summed E-state index contributed by atoms with van der Waals surface area (Å²) in [6.45, 7) is 4.09. The first-order valence-electron chi connectivity index (χ1n) is 9.94. The highest BCUT2D eigenvalue weighted by Crippen LogP contribution is 2.07. The van der Waals surface area contributed by atoms with Crippen LogP contribution in [0.25, 0.3) is 5.65 Å². The second kappa shape index (κ2) is 8.91. The van der Waals surface area contributed by atoms with Gasteiger partial charge in [0.2, 0.25) is 5.91 Å². The molecule has 29 heavy (non-hydrogen) atoms. The van der Waals surface area contributed by atoms with Crippen LogP contribution in [0.15, 0.2) is 53.6 Å². The summed E-state index contributed by atoms with van der Waals surface area (Å²) in [4.78, 5) is 33.6. The van der Waals surface area contributed by atoms with Gasteiger partial charge in [-0.15, -0.1) is 10.2 Å². The molecule has 3 aromatic heterocycles. The molecule has 1 saturated heterocycles. The molecule has 0 unspecified atom stereocenters. The summed E-state index contributed by atoms with van der Waals surface area (Å²) in [5.74, 6) is 0.0636. The lowest BCUT2D eigenvalue weighted by molar-refractivity contribution is -0.132. The van der Waals surface area contributed by atoms with Gasteiger partial charge in [-0.05, 0) is 24.3 Å². The van der Waals surface area contributed by atoms with Crippen LogP contribution in [0.4, 0.5) is 0 Å². The summed E-state index contributed by atoms with van der Waals surface area (Å²) in [5, 5.41) is 8.08. The largest absolute Gasteiger partial charge is 0.340 e. The van der Waals surface area contributed by atoms with Crippen LogP contribution in [0.1, 0.15) is 17.8 Å². The minimum Gasteiger partial charge on any atom is -0.340 e. The number of hydrogen-bond acceptors (Lipinski definition) is 6. The second-order valence-corrected chi connectivity index (χ2v) is 7.17. The molecule has 0 aromatic carbocycles. The number of rotatable bonds is 6. The molecule has 1 aliphatic rings. The van der Waals surface area contributed by atoms with Gasteiger partial charge in [0, 0.05) is 70.1 Å². The van der Waals surface area contributed by atoms with Crippen molar-refractivity contribution < 1.29 is 4.79 Å². The summed E-state index contributed by atoms with van der Waals surface area (Å²) in [5.41, 5.74) is 1.72. The molecular weight excluding hydrogens is 368 g/mol. The predicted molar refractivity (Wildman–Crippen MR) is 109 cm³/mol. The van der Waals surface area contributed by atoms with Crippen molar-refractivity contribution in [2.45, 2.75) is 19.3 Å². The van der Waals surface area contributed by atoms with Crippen molar-refractivity contribution in [3.05, 3.63) is 70.5 Å². The molecule has 1 aliphatic heterocycles. The number of carbonyl (C=O) groups excluding carboxylic acids is 1. The molecule has 0 bridgehead atoms. The van der Waals surface area contributed by atoms with E-state index in [2.05, 4.69) is 20.1 Å². The van der Waals surface area contributed by atoms with Gasteiger partial charge in [0.05, 0.1) is 0 Å². The van der Waals surface area contributed by atoms with E-state index in [1.165, 1.54) is 4.40 Å². The highest BCUT2D eigenvalue weighted by Gasteiger charge is 2.21. The molecule has 8 nitrogen and oxygen atoms in total. The van der Waals surface area contributed by atoms with Crippen molar-refractivity contribution in [3.63, 3.8) is 0 Å². The molecule has 0 saturated carbocycles. The first-order chi connectivity index (χ1) is 14.2. The summed E-state index contributed by atoms with van der Waals surface area (Å²) in [6.07, 6.45) is 4.98. The number of pyridine rings is 2. The predicted octanol–water partition coefficient (Wildman–Crippen LogP) is 0.804. The fraction of sp³-hybridized carbons (Fsp3) is 0.381. The van der Waals surface area contributed by atoms with Crippen molar-refractivity contribution in [2.75, 3.05) is 32.7 Å². The number of aryl methyl sites for hydroxylation is 1. The van der Waals surface area contributed by atoms with Gasteiger partial charge in [0.25, 0.3) is 5.56 Å². The zero-order valence-electron chi connectivity index (χ0n) is 16.3. The van der Waals surface area contributed by atoms with E-state index in [4.69, 9.17) is 0 Å². The van der Waals surface area contributed by atoms with E-state index in [1.807, 2.05) is 35.4 Å². The molecular formula is C21H24N6O2. The molecule has 1 fully saturated rings. The van der Waals surface area contributed by atoms with Crippen LogP contribution in [0.3, 0.4) is 0 Å². The number of fused-ring (bicyclic) bond motifs is 1. The lowest BCUT2D eigenvalue weighted by atomic mass is 10.2. The van der Waals surface area contributed by atoms with Crippen LogP contribution >= 0.6 is 0 Å². The molecule has 4 heterocycles. The molecule has 0 spiro atoms. The number of nitrogens with zero attached hydrogens (tertiary/aromatic N) is 6. The van der Waals surface area contributed by atoms with Crippen LogP contribution in [0.5, 0.6) is 0 Å². The summed E-state index contributed by atoms with van der Waals surface area (Å²) in [7, 11) is 0. The van der Waals surface area contributed by atoms with E-state index in [0.717, 1.165) is 31.7 Å². The van der Waals surface area contributed by atoms with E-state index in [9.17, 15) is 9.59 Å². The van der Waals surface area contributed by atoms with E-state index < -0.39 is 0 Å². The minimum atomic E-state index is -0.206. The molecule has 3 aromatic rings. The van der Waals surface area contributed by atoms with Crippen LogP contribution in [-0.4, -0.2) is 68.0 Å². The van der Waals surface area contributed by atoms with Crippen molar-refractivity contribution >= 4 is 11.6 Å². The Hall–Kier alpha value is -3.13. The summed E-state index contributed by atoms with van der Waals surface area (Å²) in [6, 6.07) is 11.3. The number of piperazine rings is 1. The van der Waals surface area contributed by atoms with E-state index in [1.54, 1.807) is 18.3 Å². The van der Waals surface area contributed by atoms with Gasteiger partial charge in [-0.2, -0.15) is 0 Å². The van der Waals surface area contributed by atoms with Gasteiger partial charge in [-0.1, -0.05) is 12.1 Å². The van der Waals surface area contributed by atoms with Gasteiger partial charge in [0.15, 0.2) is 5.65 Å². The molecule has 4 rings (SSSR count). The van der Waals surface area contributed by atoms with Crippen molar-refractivity contribution in [1.29, 1.82) is 0 Å². The third-order valence-corrected chi connectivity index (χ3v) is 5.29. The lowest BCUT2D eigenvalue weighted by Gasteiger charge is -2.34. The third-order valence-electron chi connectivity index (χ3n) is 5.29. The van der Waals surface area contributed by atoms with Crippen molar-refractivity contribution in [2.24, 2.45) is 0 Å². The molecule has 0 aliphatic carbocycles. The summed E-state index contributed by atoms with van der Waals surface area (Å²) >= 11 is 0. The molecule has 150 valence electrons. The van der Waals surface area contributed by atoms with Gasteiger partial charge in [-0.3, -0.25) is 23.9 Å². The van der Waals surface area contributed by atoms with Crippen LogP contribution in [0.2, 0.25) is 0 Å². The lowest BCUT2D eigenvalue weighted by Crippen LogP contribution is -2.49. The quantitative estimate of drug-likeness (QED) is 0.617. The maximum Gasteiger partial charge on any atom is 0.279 e. The monoisotopic (exact) mass is 392 g/mol. The maximum atomic E-state index is 12.6. The fourth-order valence-electron chi connectivity index (χ4n) is 3.56. The average molecular weight is 392 g/mol. The second-order valence-electron chi connectivity index (χ2n) is 7.17. The zero-order valence-corrected chi connectivity index (χ0v) is 16.3. The first-order valence-corrected chi connectivity index (χ1v) is 9.94. The Balaban J connectivity index is 1.26. The Labute approximate surface area is 168 Å². The first kappa shape index (κ1) is 19.2. The third kappa shape index (κ3) is 4.65. The van der Waals surface area contributed by atoms with E-state index in [0.29, 0.717) is 30.9 Å². The number of hydrogen-bond donors (Lipinski definition) is 0. The minimum absolute atomic E-state index is 0.0636.